The second kappa shape index (κ2) is 9.27. The summed E-state index contributed by atoms with van der Waals surface area (Å²) >= 11 is 1.52. The predicted octanol–water partition coefficient (Wildman–Crippen LogP) is 5.22. The molecule has 7 nitrogen and oxygen atoms in total. The summed E-state index contributed by atoms with van der Waals surface area (Å²) in [5.41, 5.74) is 3.95. The van der Waals surface area contributed by atoms with Gasteiger partial charge in [-0.05, 0) is 54.6 Å². The summed E-state index contributed by atoms with van der Waals surface area (Å²) in [6.07, 6.45) is 3.49. The molecule has 4 aromatic rings. The number of anilines is 3. The van der Waals surface area contributed by atoms with Crippen LogP contribution in [-0.4, -0.2) is 30.1 Å². The van der Waals surface area contributed by atoms with E-state index in [9.17, 15) is 4.79 Å². The molecule has 0 unspecified atom stereocenters. The van der Waals surface area contributed by atoms with Crippen LogP contribution in [0.3, 0.4) is 0 Å². The number of benzene rings is 2. The Hall–Kier alpha value is -3.91. The standard InChI is InChI=1S/C23H20N4O3S/c1-29-20-8-3-16(13-21(20)30-2)22(28)25-17-4-6-18(7-5-17)26-23-27-19(14-31-23)15-9-11-24-12-10-15/h3-14H,1-2H3,(H,25,28)(H,26,27). The Morgan fingerprint density at radius 3 is 2.32 bits per heavy atom. The van der Waals surface area contributed by atoms with E-state index in [1.54, 1.807) is 37.7 Å². The lowest BCUT2D eigenvalue weighted by molar-refractivity contribution is 0.102. The first-order chi connectivity index (χ1) is 15.2. The Labute approximate surface area is 183 Å². The van der Waals surface area contributed by atoms with Gasteiger partial charge in [-0.25, -0.2) is 4.98 Å². The number of carbonyl (C=O) groups is 1. The molecular formula is C23H20N4O3S. The molecule has 0 fully saturated rings. The van der Waals surface area contributed by atoms with E-state index in [0.29, 0.717) is 22.7 Å². The number of amides is 1. The molecule has 0 saturated heterocycles. The number of thiazole rings is 1. The summed E-state index contributed by atoms with van der Waals surface area (Å²) in [5, 5.41) is 8.95. The number of nitrogens with one attached hydrogen (secondary N) is 2. The molecule has 31 heavy (non-hydrogen) atoms. The Kier molecular flexibility index (Phi) is 6.09. The third kappa shape index (κ3) is 4.81. The maximum Gasteiger partial charge on any atom is 0.255 e. The van der Waals surface area contributed by atoms with E-state index >= 15 is 0 Å². The largest absolute Gasteiger partial charge is 0.493 e. The quantitative estimate of drug-likeness (QED) is 0.417. The zero-order valence-electron chi connectivity index (χ0n) is 17.0. The summed E-state index contributed by atoms with van der Waals surface area (Å²) in [5.74, 6) is 0.844. The van der Waals surface area contributed by atoms with Crippen LogP contribution in [-0.2, 0) is 0 Å². The van der Waals surface area contributed by atoms with Crippen LogP contribution < -0.4 is 20.1 Å². The van der Waals surface area contributed by atoms with Crippen LogP contribution in [0.2, 0.25) is 0 Å². The molecule has 4 rings (SSSR count). The number of hydrogen-bond acceptors (Lipinski definition) is 7. The topological polar surface area (TPSA) is 85.4 Å². The van der Waals surface area contributed by atoms with E-state index in [1.807, 2.05) is 41.8 Å². The lowest BCUT2D eigenvalue weighted by Crippen LogP contribution is -2.12. The maximum absolute atomic E-state index is 12.6. The molecule has 0 saturated carbocycles. The lowest BCUT2D eigenvalue weighted by Gasteiger charge is -2.10. The molecule has 0 atom stereocenters. The molecule has 2 N–H and O–H groups in total. The van der Waals surface area contributed by atoms with Gasteiger partial charge in [0.05, 0.1) is 19.9 Å². The van der Waals surface area contributed by atoms with Crippen molar-refractivity contribution in [1.29, 1.82) is 0 Å². The van der Waals surface area contributed by atoms with Crippen molar-refractivity contribution in [1.82, 2.24) is 9.97 Å². The monoisotopic (exact) mass is 432 g/mol. The van der Waals surface area contributed by atoms with E-state index in [2.05, 4.69) is 20.6 Å². The number of hydrogen-bond donors (Lipinski definition) is 2. The van der Waals surface area contributed by atoms with E-state index in [0.717, 1.165) is 22.1 Å². The molecule has 0 aliphatic rings. The first-order valence-corrected chi connectivity index (χ1v) is 10.3. The van der Waals surface area contributed by atoms with Gasteiger partial charge in [-0.15, -0.1) is 11.3 Å². The van der Waals surface area contributed by atoms with Gasteiger partial charge in [0.25, 0.3) is 5.91 Å². The molecule has 156 valence electrons. The van der Waals surface area contributed by atoms with Crippen molar-refractivity contribution in [3.63, 3.8) is 0 Å². The SMILES string of the molecule is COc1ccc(C(=O)Nc2ccc(Nc3nc(-c4ccncc4)cs3)cc2)cc1OC. The average Bonchev–Trinajstić information content (AvgIpc) is 3.29. The molecule has 0 bridgehead atoms. The second-order valence-electron chi connectivity index (χ2n) is 6.50. The van der Waals surface area contributed by atoms with Crippen molar-refractivity contribution in [2.45, 2.75) is 0 Å². The highest BCUT2D eigenvalue weighted by Crippen LogP contribution is 2.29. The van der Waals surface area contributed by atoms with Crippen molar-refractivity contribution in [2.75, 3.05) is 24.9 Å². The molecule has 2 heterocycles. The van der Waals surface area contributed by atoms with Gasteiger partial charge >= 0.3 is 0 Å². The van der Waals surface area contributed by atoms with Crippen LogP contribution in [0.1, 0.15) is 10.4 Å². The Bertz CT molecular complexity index is 1180. The molecule has 0 spiro atoms. The summed E-state index contributed by atoms with van der Waals surface area (Å²) in [6, 6.07) is 16.3. The van der Waals surface area contributed by atoms with Gasteiger partial charge in [0, 0.05) is 40.3 Å². The fourth-order valence-electron chi connectivity index (χ4n) is 2.93. The van der Waals surface area contributed by atoms with Crippen LogP contribution in [0.25, 0.3) is 11.3 Å². The van der Waals surface area contributed by atoms with E-state index in [4.69, 9.17) is 9.47 Å². The van der Waals surface area contributed by atoms with Crippen molar-refractivity contribution < 1.29 is 14.3 Å². The van der Waals surface area contributed by atoms with Gasteiger partial charge < -0.3 is 20.1 Å². The first kappa shape index (κ1) is 20.4. The van der Waals surface area contributed by atoms with Crippen molar-refractivity contribution in [3.05, 3.63) is 77.9 Å². The van der Waals surface area contributed by atoms with Gasteiger partial charge in [0.2, 0.25) is 0 Å². The Morgan fingerprint density at radius 1 is 0.903 bits per heavy atom. The third-order valence-corrected chi connectivity index (χ3v) is 5.28. The molecular weight excluding hydrogens is 412 g/mol. The number of pyridine rings is 1. The zero-order valence-corrected chi connectivity index (χ0v) is 17.8. The first-order valence-electron chi connectivity index (χ1n) is 9.42. The minimum absolute atomic E-state index is 0.233. The van der Waals surface area contributed by atoms with E-state index in [1.165, 1.54) is 18.4 Å². The fourth-order valence-corrected chi connectivity index (χ4v) is 3.67. The average molecular weight is 433 g/mol. The summed E-state index contributed by atoms with van der Waals surface area (Å²) in [6.45, 7) is 0. The summed E-state index contributed by atoms with van der Waals surface area (Å²) in [4.78, 5) is 21.2. The molecule has 0 aliphatic carbocycles. The molecule has 1 amide bonds. The van der Waals surface area contributed by atoms with Crippen molar-refractivity contribution >= 4 is 33.8 Å². The van der Waals surface area contributed by atoms with Gasteiger partial charge in [-0.3, -0.25) is 9.78 Å². The highest BCUT2D eigenvalue weighted by atomic mass is 32.1. The minimum Gasteiger partial charge on any atom is -0.493 e. The summed E-state index contributed by atoms with van der Waals surface area (Å²) < 4.78 is 10.5. The highest BCUT2D eigenvalue weighted by molar-refractivity contribution is 7.14. The molecule has 2 aromatic carbocycles. The minimum atomic E-state index is -0.233. The molecule has 0 radical (unpaired) electrons. The molecule has 2 aromatic heterocycles. The van der Waals surface area contributed by atoms with Crippen molar-refractivity contribution in [2.24, 2.45) is 0 Å². The van der Waals surface area contributed by atoms with E-state index in [-0.39, 0.29) is 5.91 Å². The van der Waals surface area contributed by atoms with Crippen LogP contribution in [0.15, 0.2) is 72.4 Å². The van der Waals surface area contributed by atoms with Crippen LogP contribution in [0.5, 0.6) is 11.5 Å². The Morgan fingerprint density at radius 2 is 1.61 bits per heavy atom. The highest BCUT2D eigenvalue weighted by Gasteiger charge is 2.11. The maximum atomic E-state index is 12.6. The van der Waals surface area contributed by atoms with Gasteiger partial charge in [0.15, 0.2) is 16.6 Å². The van der Waals surface area contributed by atoms with Crippen LogP contribution in [0, 0.1) is 0 Å². The number of aromatic nitrogens is 2. The summed E-state index contributed by atoms with van der Waals surface area (Å²) in [7, 11) is 3.09. The number of nitrogens with zero attached hydrogens (tertiary/aromatic N) is 2. The predicted molar refractivity (Wildman–Crippen MR) is 123 cm³/mol. The van der Waals surface area contributed by atoms with Crippen LogP contribution >= 0.6 is 11.3 Å². The smallest absolute Gasteiger partial charge is 0.255 e. The lowest BCUT2D eigenvalue weighted by atomic mass is 10.1. The Balaban J connectivity index is 1.41. The molecule has 8 heteroatoms. The number of rotatable bonds is 7. The number of carbonyl (C=O) groups excluding carboxylic acids is 1. The zero-order chi connectivity index (χ0) is 21.6. The number of methoxy groups -OCH3 is 2. The van der Waals surface area contributed by atoms with Crippen LogP contribution in [0.4, 0.5) is 16.5 Å². The normalized spacial score (nSPS) is 10.4. The third-order valence-electron chi connectivity index (χ3n) is 4.52. The van der Waals surface area contributed by atoms with Crippen molar-refractivity contribution in [3.8, 4) is 22.8 Å². The fraction of sp³-hybridized carbons (Fsp3) is 0.0870. The van der Waals surface area contributed by atoms with Gasteiger partial charge in [0.1, 0.15) is 0 Å². The molecule has 0 aliphatic heterocycles. The van der Waals surface area contributed by atoms with Gasteiger partial charge in [-0.1, -0.05) is 0 Å². The van der Waals surface area contributed by atoms with Gasteiger partial charge in [-0.2, -0.15) is 0 Å². The second-order valence-corrected chi connectivity index (χ2v) is 7.36. The number of ether oxygens (including phenoxy) is 2. The van der Waals surface area contributed by atoms with E-state index < -0.39 is 0 Å².